The molecule has 2 heterocycles. The summed E-state index contributed by atoms with van der Waals surface area (Å²) < 4.78 is 2.34. The van der Waals surface area contributed by atoms with Crippen molar-refractivity contribution in [2.45, 2.75) is 13.1 Å². The highest BCUT2D eigenvalue weighted by Crippen LogP contribution is 2.30. The number of fused-ring (bicyclic) bond motifs is 1. The second kappa shape index (κ2) is 8.31. The lowest BCUT2D eigenvalue weighted by molar-refractivity contribution is -0.131. The van der Waals surface area contributed by atoms with E-state index in [-0.39, 0.29) is 18.0 Å². The van der Waals surface area contributed by atoms with Crippen LogP contribution in [0.1, 0.15) is 5.56 Å². The molecule has 29 heavy (non-hydrogen) atoms. The number of benzene rings is 2. The van der Waals surface area contributed by atoms with Crippen LogP contribution in [-0.2, 0) is 17.9 Å². The number of rotatable bonds is 5. The first-order valence-electron chi connectivity index (χ1n) is 9.04. The highest BCUT2D eigenvalue weighted by atomic mass is 79.9. The minimum atomic E-state index is -0.197. The SMILES string of the molecule is CN(Cc1ccccc1Br)C(=O)Cn1cnc2scc(-c3ccccc3)c2c1=O. The monoisotopic (exact) mass is 467 g/mol. The Kier molecular flexibility index (Phi) is 5.60. The molecule has 0 saturated heterocycles. The molecule has 2 aromatic carbocycles. The van der Waals surface area contributed by atoms with E-state index in [0.717, 1.165) is 21.2 Å². The molecule has 2 aromatic heterocycles. The van der Waals surface area contributed by atoms with Crippen LogP contribution in [0.2, 0.25) is 0 Å². The van der Waals surface area contributed by atoms with Gasteiger partial charge in [-0.3, -0.25) is 14.2 Å². The van der Waals surface area contributed by atoms with Crippen molar-refractivity contribution in [3.8, 4) is 11.1 Å². The fourth-order valence-corrected chi connectivity index (χ4v) is 4.46. The Balaban J connectivity index is 1.61. The molecule has 7 heteroatoms. The summed E-state index contributed by atoms with van der Waals surface area (Å²) in [6.45, 7) is 0.408. The zero-order valence-electron chi connectivity index (χ0n) is 15.7. The van der Waals surface area contributed by atoms with Crippen LogP contribution < -0.4 is 5.56 Å². The summed E-state index contributed by atoms with van der Waals surface area (Å²) in [7, 11) is 1.73. The molecular formula is C22H18BrN3O2S. The minimum absolute atomic E-state index is 0.0488. The average Bonchev–Trinajstić information content (AvgIpc) is 3.17. The number of amides is 1. The van der Waals surface area contributed by atoms with E-state index in [0.29, 0.717) is 16.8 Å². The largest absolute Gasteiger partial charge is 0.340 e. The van der Waals surface area contributed by atoms with Gasteiger partial charge in [0, 0.05) is 29.0 Å². The first-order valence-corrected chi connectivity index (χ1v) is 10.7. The molecule has 0 aliphatic rings. The molecule has 146 valence electrons. The van der Waals surface area contributed by atoms with E-state index in [1.165, 1.54) is 22.2 Å². The van der Waals surface area contributed by atoms with Crippen LogP contribution in [0.15, 0.2) is 75.6 Å². The molecule has 0 aliphatic carbocycles. The molecule has 0 radical (unpaired) electrons. The van der Waals surface area contributed by atoms with Crippen molar-refractivity contribution in [1.82, 2.24) is 14.5 Å². The number of carbonyl (C=O) groups is 1. The second-order valence-corrected chi connectivity index (χ2v) is 8.43. The molecule has 0 spiro atoms. The van der Waals surface area contributed by atoms with Crippen molar-refractivity contribution < 1.29 is 4.79 Å². The van der Waals surface area contributed by atoms with Crippen LogP contribution in [0.3, 0.4) is 0 Å². The van der Waals surface area contributed by atoms with Gasteiger partial charge in [0.05, 0.1) is 11.7 Å². The number of thiophene rings is 1. The first-order chi connectivity index (χ1) is 14.0. The topological polar surface area (TPSA) is 55.2 Å². The molecule has 0 N–H and O–H groups in total. The van der Waals surface area contributed by atoms with Crippen molar-refractivity contribution in [1.29, 1.82) is 0 Å². The molecule has 4 rings (SSSR count). The van der Waals surface area contributed by atoms with E-state index in [1.807, 2.05) is 60.0 Å². The maximum absolute atomic E-state index is 13.1. The Morgan fingerprint density at radius 3 is 2.62 bits per heavy atom. The Labute approximate surface area is 180 Å². The number of aromatic nitrogens is 2. The number of likely N-dealkylation sites (N-methyl/N-ethyl adjacent to an activating group) is 1. The maximum atomic E-state index is 13.1. The Hall–Kier alpha value is -2.77. The van der Waals surface area contributed by atoms with E-state index in [9.17, 15) is 9.59 Å². The lowest BCUT2D eigenvalue weighted by Gasteiger charge is -2.18. The zero-order chi connectivity index (χ0) is 20.4. The average molecular weight is 468 g/mol. The molecule has 0 bridgehead atoms. The van der Waals surface area contributed by atoms with Crippen LogP contribution in [0.4, 0.5) is 0 Å². The van der Waals surface area contributed by atoms with Gasteiger partial charge < -0.3 is 4.90 Å². The standard InChI is InChI=1S/C22H18BrN3O2S/c1-25(11-16-9-5-6-10-18(16)23)19(27)12-26-14-24-21-20(22(26)28)17(13-29-21)15-7-3-2-4-8-15/h2-10,13-14H,11-12H2,1H3. The van der Waals surface area contributed by atoms with Crippen molar-refractivity contribution in [3.63, 3.8) is 0 Å². The molecule has 0 atom stereocenters. The highest BCUT2D eigenvalue weighted by molar-refractivity contribution is 9.10. The lowest BCUT2D eigenvalue weighted by atomic mass is 10.1. The van der Waals surface area contributed by atoms with Gasteiger partial charge in [-0.05, 0) is 17.2 Å². The van der Waals surface area contributed by atoms with Gasteiger partial charge in [-0.1, -0.05) is 64.5 Å². The smallest absolute Gasteiger partial charge is 0.263 e. The van der Waals surface area contributed by atoms with Gasteiger partial charge in [0.15, 0.2) is 0 Å². The summed E-state index contributed by atoms with van der Waals surface area (Å²) in [4.78, 5) is 32.5. The summed E-state index contributed by atoms with van der Waals surface area (Å²) in [5.41, 5.74) is 2.63. The molecule has 4 aromatic rings. The van der Waals surface area contributed by atoms with Crippen LogP contribution in [0.25, 0.3) is 21.3 Å². The van der Waals surface area contributed by atoms with Gasteiger partial charge in [-0.25, -0.2) is 4.98 Å². The number of halogens is 1. The third-order valence-electron chi connectivity index (χ3n) is 4.74. The number of nitrogens with zero attached hydrogens (tertiary/aromatic N) is 3. The van der Waals surface area contributed by atoms with Crippen molar-refractivity contribution in [2.24, 2.45) is 0 Å². The van der Waals surface area contributed by atoms with Crippen molar-refractivity contribution in [3.05, 3.63) is 86.7 Å². The van der Waals surface area contributed by atoms with Gasteiger partial charge in [-0.2, -0.15) is 0 Å². The van der Waals surface area contributed by atoms with Crippen LogP contribution in [0, 0.1) is 0 Å². The quantitative estimate of drug-likeness (QED) is 0.432. The van der Waals surface area contributed by atoms with Gasteiger partial charge in [0.25, 0.3) is 5.56 Å². The highest BCUT2D eigenvalue weighted by Gasteiger charge is 2.16. The summed E-state index contributed by atoms with van der Waals surface area (Å²) in [5, 5.41) is 2.50. The molecular weight excluding hydrogens is 450 g/mol. The van der Waals surface area contributed by atoms with Crippen molar-refractivity contribution >= 4 is 43.4 Å². The van der Waals surface area contributed by atoms with Crippen LogP contribution >= 0.6 is 27.3 Å². The number of hydrogen-bond acceptors (Lipinski definition) is 4. The van der Waals surface area contributed by atoms with Gasteiger partial charge in [0.1, 0.15) is 11.4 Å². The van der Waals surface area contributed by atoms with E-state index < -0.39 is 0 Å². The third-order valence-corrected chi connectivity index (χ3v) is 6.40. The number of hydrogen-bond donors (Lipinski definition) is 0. The predicted molar refractivity (Wildman–Crippen MR) is 120 cm³/mol. The fourth-order valence-electron chi connectivity index (χ4n) is 3.15. The summed E-state index contributed by atoms with van der Waals surface area (Å²) in [6, 6.07) is 17.5. The van der Waals surface area contributed by atoms with Crippen molar-refractivity contribution in [2.75, 3.05) is 7.05 Å². The second-order valence-electron chi connectivity index (χ2n) is 6.71. The van der Waals surface area contributed by atoms with E-state index in [4.69, 9.17) is 0 Å². The summed E-state index contributed by atoms with van der Waals surface area (Å²) in [6.07, 6.45) is 1.46. The molecule has 0 saturated carbocycles. The molecule has 0 aliphatic heterocycles. The van der Waals surface area contributed by atoms with E-state index in [2.05, 4.69) is 20.9 Å². The van der Waals surface area contributed by atoms with Crippen LogP contribution in [0.5, 0.6) is 0 Å². The molecule has 5 nitrogen and oxygen atoms in total. The fraction of sp³-hybridized carbons (Fsp3) is 0.136. The van der Waals surface area contributed by atoms with Gasteiger partial charge >= 0.3 is 0 Å². The van der Waals surface area contributed by atoms with Gasteiger partial charge in [0.2, 0.25) is 5.91 Å². The Morgan fingerprint density at radius 2 is 1.86 bits per heavy atom. The Bertz CT molecular complexity index is 1230. The molecule has 1 amide bonds. The third kappa shape index (κ3) is 4.02. The molecule has 0 unspecified atom stereocenters. The lowest BCUT2D eigenvalue weighted by Crippen LogP contribution is -2.33. The Morgan fingerprint density at radius 1 is 1.14 bits per heavy atom. The van der Waals surface area contributed by atoms with Gasteiger partial charge in [-0.15, -0.1) is 11.3 Å². The summed E-state index contributed by atoms with van der Waals surface area (Å²) in [5.74, 6) is -0.152. The van der Waals surface area contributed by atoms with E-state index in [1.54, 1.807) is 11.9 Å². The maximum Gasteiger partial charge on any atom is 0.263 e. The summed E-state index contributed by atoms with van der Waals surface area (Å²) >= 11 is 4.94. The number of carbonyl (C=O) groups excluding carboxylic acids is 1. The predicted octanol–water partition coefficient (Wildman–Crippen LogP) is 4.55. The molecule has 0 fully saturated rings. The minimum Gasteiger partial charge on any atom is -0.340 e. The first kappa shape index (κ1) is 19.5. The normalized spacial score (nSPS) is 11.0. The zero-order valence-corrected chi connectivity index (χ0v) is 18.1. The van der Waals surface area contributed by atoms with Crippen LogP contribution in [-0.4, -0.2) is 27.4 Å². The van der Waals surface area contributed by atoms with E-state index >= 15 is 0 Å².